The summed E-state index contributed by atoms with van der Waals surface area (Å²) in [6, 6.07) is 8.43. The van der Waals surface area contributed by atoms with Gasteiger partial charge in [-0.25, -0.2) is 4.98 Å². The van der Waals surface area contributed by atoms with Gasteiger partial charge in [-0.15, -0.1) is 11.3 Å². The zero-order valence-electron chi connectivity index (χ0n) is 12.1. The largest absolute Gasteiger partial charge is 0.354 e. The number of carbonyl (C=O) groups is 1. The average Bonchev–Trinajstić information content (AvgIpc) is 2.85. The normalized spacial score (nSPS) is 10.8. The van der Waals surface area contributed by atoms with Crippen molar-refractivity contribution in [2.75, 3.05) is 0 Å². The van der Waals surface area contributed by atoms with Crippen LogP contribution in [0.5, 0.6) is 0 Å². The Morgan fingerprint density at radius 1 is 1.35 bits per heavy atom. The van der Waals surface area contributed by atoms with Crippen molar-refractivity contribution in [2.45, 2.75) is 39.7 Å². The van der Waals surface area contributed by atoms with Crippen LogP contribution in [0.2, 0.25) is 0 Å². The smallest absolute Gasteiger partial charge is 0.220 e. The van der Waals surface area contributed by atoms with Gasteiger partial charge in [0.05, 0.1) is 5.69 Å². The van der Waals surface area contributed by atoms with Crippen LogP contribution in [0.3, 0.4) is 0 Å². The lowest BCUT2D eigenvalue weighted by Crippen LogP contribution is -2.30. The second kappa shape index (κ2) is 6.66. The molecule has 1 aromatic carbocycles. The maximum Gasteiger partial charge on any atom is 0.220 e. The Morgan fingerprint density at radius 2 is 2.10 bits per heavy atom. The Labute approximate surface area is 124 Å². The lowest BCUT2D eigenvalue weighted by molar-refractivity contribution is -0.121. The first-order chi connectivity index (χ1) is 9.56. The molecule has 20 heavy (non-hydrogen) atoms. The third-order valence-corrected chi connectivity index (χ3v) is 3.91. The third kappa shape index (κ3) is 3.90. The SMILES string of the molecule is Cc1ccccc1-c1nc(CCC(=O)NC(C)C)cs1. The molecule has 2 rings (SSSR count). The second-order valence-corrected chi connectivity index (χ2v) is 6.04. The van der Waals surface area contributed by atoms with Crippen molar-refractivity contribution in [3.63, 3.8) is 0 Å². The zero-order chi connectivity index (χ0) is 14.5. The molecule has 1 heterocycles. The van der Waals surface area contributed by atoms with Crippen LogP contribution in [0, 0.1) is 6.92 Å². The highest BCUT2D eigenvalue weighted by molar-refractivity contribution is 7.13. The van der Waals surface area contributed by atoms with Gasteiger partial charge in [0.1, 0.15) is 5.01 Å². The van der Waals surface area contributed by atoms with Gasteiger partial charge < -0.3 is 5.32 Å². The van der Waals surface area contributed by atoms with E-state index < -0.39 is 0 Å². The highest BCUT2D eigenvalue weighted by Crippen LogP contribution is 2.26. The minimum Gasteiger partial charge on any atom is -0.354 e. The van der Waals surface area contributed by atoms with Gasteiger partial charge in [0.2, 0.25) is 5.91 Å². The molecule has 2 aromatic rings. The Hall–Kier alpha value is -1.68. The summed E-state index contributed by atoms with van der Waals surface area (Å²) in [4.78, 5) is 16.3. The van der Waals surface area contributed by atoms with Gasteiger partial charge in [-0.1, -0.05) is 24.3 Å². The topological polar surface area (TPSA) is 42.0 Å². The minimum absolute atomic E-state index is 0.0884. The minimum atomic E-state index is 0.0884. The number of aryl methyl sites for hydroxylation is 2. The van der Waals surface area contributed by atoms with Crippen LogP contribution >= 0.6 is 11.3 Å². The van der Waals surface area contributed by atoms with Gasteiger partial charge in [0, 0.05) is 23.4 Å². The molecule has 0 bridgehead atoms. The molecule has 0 radical (unpaired) electrons. The van der Waals surface area contributed by atoms with E-state index in [1.807, 2.05) is 31.4 Å². The number of carbonyl (C=O) groups excluding carboxylic acids is 1. The first-order valence-corrected chi connectivity index (χ1v) is 7.74. The van der Waals surface area contributed by atoms with E-state index in [0.717, 1.165) is 10.7 Å². The van der Waals surface area contributed by atoms with Gasteiger partial charge in [-0.05, 0) is 32.8 Å². The number of benzene rings is 1. The van der Waals surface area contributed by atoms with E-state index in [0.29, 0.717) is 12.8 Å². The van der Waals surface area contributed by atoms with Crippen molar-refractivity contribution in [3.05, 3.63) is 40.9 Å². The standard InChI is InChI=1S/C16H20N2OS/c1-11(2)17-15(19)9-8-13-10-20-16(18-13)14-7-5-4-6-12(14)3/h4-7,10-11H,8-9H2,1-3H3,(H,17,19). The number of rotatable bonds is 5. The fraction of sp³-hybridized carbons (Fsp3) is 0.375. The number of thiazole rings is 1. The maximum atomic E-state index is 11.6. The predicted octanol–water partition coefficient (Wildman–Crippen LogP) is 3.58. The van der Waals surface area contributed by atoms with Gasteiger partial charge in [-0.2, -0.15) is 0 Å². The molecule has 0 unspecified atom stereocenters. The number of hydrogen-bond donors (Lipinski definition) is 1. The molecule has 1 aromatic heterocycles. The first kappa shape index (κ1) is 14.7. The molecule has 0 atom stereocenters. The van der Waals surface area contributed by atoms with Gasteiger partial charge >= 0.3 is 0 Å². The lowest BCUT2D eigenvalue weighted by atomic mass is 10.1. The molecule has 0 saturated carbocycles. The van der Waals surface area contributed by atoms with Gasteiger partial charge in [0.25, 0.3) is 0 Å². The number of aromatic nitrogens is 1. The van der Waals surface area contributed by atoms with Crippen molar-refractivity contribution in [3.8, 4) is 10.6 Å². The van der Waals surface area contributed by atoms with Crippen LogP contribution in [0.25, 0.3) is 10.6 Å². The summed E-state index contributed by atoms with van der Waals surface area (Å²) in [5.41, 5.74) is 3.40. The summed E-state index contributed by atoms with van der Waals surface area (Å²) in [5, 5.41) is 5.97. The number of hydrogen-bond acceptors (Lipinski definition) is 3. The van der Waals surface area contributed by atoms with Crippen molar-refractivity contribution >= 4 is 17.2 Å². The van der Waals surface area contributed by atoms with E-state index >= 15 is 0 Å². The predicted molar refractivity (Wildman–Crippen MR) is 83.9 cm³/mol. The Morgan fingerprint density at radius 3 is 2.80 bits per heavy atom. The molecule has 0 aliphatic rings. The van der Waals surface area contributed by atoms with E-state index in [9.17, 15) is 4.79 Å². The van der Waals surface area contributed by atoms with E-state index in [-0.39, 0.29) is 11.9 Å². The average molecular weight is 288 g/mol. The highest BCUT2D eigenvalue weighted by Gasteiger charge is 2.09. The van der Waals surface area contributed by atoms with Gasteiger partial charge in [-0.3, -0.25) is 4.79 Å². The van der Waals surface area contributed by atoms with Crippen LogP contribution in [0.1, 0.15) is 31.5 Å². The molecule has 0 saturated heterocycles. The summed E-state index contributed by atoms with van der Waals surface area (Å²) < 4.78 is 0. The van der Waals surface area contributed by atoms with Crippen LogP contribution < -0.4 is 5.32 Å². The summed E-state index contributed by atoms with van der Waals surface area (Å²) in [6.45, 7) is 6.03. The molecular weight excluding hydrogens is 268 g/mol. The molecule has 106 valence electrons. The monoisotopic (exact) mass is 288 g/mol. The summed E-state index contributed by atoms with van der Waals surface area (Å²) >= 11 is 1.64. The van der Waals surface area contributed by atoms with Crippen LogP contribution in [-0.4, -0.2) is 16.9 Å². The maximum absolute atomic E-state index is 11.6. The highest BCUT2D eigenvalue weighted by atomic mass is 32.1. The molecule has 1 amide bonds. The summed E-state index contributed by atoms with van der Waals surface area (Å²) in [5.74, 6) is 0.0884. The molecule has 1 N–H and O–H groups in total. The zero-order valence-corrected chi connectivity index (χ0v) is 13.0. The fourth-order valence-corrected chi connectivity index (χ4v) is 2.94. The van der Waals surface area contributed by atoms with E-state index in [4.69, 9.17) is 0 Å². The number of amides is 1. The quantitative estimate of drug-likeness (QED) is 0.913. The molecular formula is C16H20N2OS. The Kier molecular flexibility index (Phi) is 4.90. The van der Waals surface area contributed by atoms with Crippen molar-refractivity contribution in [1.29, 1.82) is 0 Å². The lowest BCUT2D eigenvalue weighted by Gasteiger charge is -2.06. The molecule has 3 nitrogen and oxygen atoms in total. The molecule has 0 aliphatic carbocycles. The molecule has 0 spiro atoms. The number of nitrogens with one attached hydrogen (secondary N) is 1. The third-order valence-electron chi connectivity index (χ3n) is 2.99. The summed E-state index contributed by atoms with van der Waals surface area (Å²) in [6.07, 6.45) is 1.19. The van der Waals surface area contributed by atoms with E-state index in [1.54, 1.807) is 11.3 Å². The van der Waals surface area contributed by atoms with E-state index in [2.05, 4.69) is 29.4 Å². The van der Waals surface area contributed by atoms with Crippen molar-refractivity contribution in [1.82, 2.24) is 10.3 Å². The van der Waals surface area contributed by atoms with Crippen molar-refractivity contribution < 1.29 is 4.79 Å². The van der Waals surface area contributed by atoms with E-state index in [1.165, 1.54) is 11.1 Å². The second-order valence-electron chi connectivity index (χ2n) is 5.18. The summed E-state index contributed by atoms with van der Waals surface area (Å²) in [7, 11) is 0. The van der Waals surface area contributed by atoms with Gasteiger partial charge in [0.15, 0.2) is 0 Å². The fourth-order valence-electron chi connectivity index (χ4n) is 1.99. The first-order valence-electron chi connectivity index (χ1n) is 6.86. The van der Waals surface area contributed by atoms with Crippen molar-refractivity contribution in [2.24, 2.45) is 0 Å². The molecule has 0 aliphatic heterocycles. The Balaban J connectivity index is 2.00. The van der Waals surface area contributed by atoms with Crippen LogP contribution in [-0.2, 0) is 11.2 Å². The van der Waals surface area contributed by atoms with Crippen LogP contribution in [0.15, 0.2) is 29.6 Å². The Bertz CT molecular complexity index is 590. The number of nitrogens with zero attached hydrogens (tertiary/aromatic N) is 1. The molecule has 4 heteroatoms. The van der Waals surface area contributed by atoms with Crippen LogP contribution in [0.4, 0.5) is 0 Å². The molecule has 0 fully saturated rings.